The van der Waals surface area contributed by atoms with E-state index in [4.69, 9.17) is 10.7 Å². The van der Waals surface area contributed by atoms with E-state index < -0.39 is 17.8 Å². The van der Waals surface area contributed by atoms with Crippen molar-refractivity contribution in [1.82, 2.24) is 10.2 Å². The van der Waals surface area contributed by atoms with Crippen LogP contribution in [0.3, 0.4) is 0 Å². The zero-order chi connectivity index (χ0) is 24.0. The molecule has 0 aromatic heterocycles. The van der Waals surface area contributed by atoms with Crippen molar-refractivity contribution < 1.29 is 23.1 Å². The van der Waals surface area contributed by atoms with Gasteiger partial charge in [-0.1, -0.05) is 12.1 Å². The molecule has 0 bridgehead atoms. The van der Waals surface area contributed by atoms with Gasteiger partial charge in [-0.3, -0.25) is 10.1 Å². The standard InChI is InChI=1S/C22H21F3N6O2/c23-22(24,25)15-5-3-14(4-6-15)20(27)18(31-11-1-2-19(31)33)12-28-21(29-13-26)30-16-7-9-17(32)10-8-16/h3-10,18,27,32H,1-2,11-12H2,(H2,28,29,30). The van der Waals surface area contributed by atoms with Crippen LogP contribution in [0, 0.1) is 16.9 Å². The third-order valence-corrected chi connectivity index (χ3v) is 5.07. The minimum atomic E-state index is -4.49. The predicted octanol–water partition coefficient (Wildman–Crippen LogP) is 3.31. The highest BCUT2D eigenvalue weighted by molar-refractivity contribution is 6.04. The van der Waals surface area contributed by atoms with Gasteiger partial charge in [-0.15, -0.1) is 0 Å². The third kappa shape index (κ3) is 6.00. The highest BCUT2D eigenvalue weighted by atomic mass is 19.4. The van der Waals surface area contributed by atoms with Crippen LogP contribution < -0.4 is 10.6 Å². The van der Waals surface area contributed by atoms with E-state index in [1.807, 2.05) is 0 Å². The summed E-state index contributed by atoms with van der Waals surface area (Å²) in [7, 11) is 0. The van der Waals surface area contributed by atoms with Crippen molar-refractivity contribution in [3.05, 3.63) is 59.7 Å². The normalized spacial score (nSPS) is 15.2. The summed E-state index contributed by atoms with van der Waals surface area (Å²) in [6, 6.07) is 9.38. The topological polar surface area (TPSA) is 125 Å². The molecule has 1 heterocycles. The van der Waals surface area contributed by atoms with Crippen molar-refractivity contribution in [3.8, 4) is 11.9 Å². The maximum atomic E-state index is 12.9. The first-order valence-electron chi connectivity index (χ1n) is 10.00. The lowest BCUT2D eigenvalue weighted by Gasteiger charge is -2.27. The van der Waals surface area contributed by atoms with Crippen molar-refractivity contribution in [1.29, 1.82) is 10.7 Å². The van der Waals surface area contributed by atoms with Crippen LogP contribution in [0.5, 0.6) is 5.75 Å². The van der Waals surface area contributed by atoms with Crippen molar-refractivity contribution in [2.45, 2.75) is 25.1 Å². The SMILES string of the molecule is N#CNC(=NCC(C(=N)c1ccc(C(F)(F)F)cc1)N1CCCC1=O)Nc1ccc(O)cc1. The summed E-state index contributed by atoms with van der Waals surface area (Å²) in [4.78, 5) is 18.1. The highest BCUT2D eigenvalue weighted by Gasteiger charge is 2.33. The number of rotatable bonds is 6. The summed E-state index contributed by atoms with van der Waals surface area (Å²) in [5.74, 6) is -0.0573. The number of halogens is 3. The van der Waals surface area contributed by atoms with E-state index in [0.29, 0.717) is 25.1 Å². The molecule has 1 aliphatic heterocycles. The van der Waals surface area contributed by atoms with E-state index in [1.165, 1.54) is 29.2 Å². The lowest BCUT2D eigenvalue weighted by atomic mass is 10.0. The van der Waals surface area contributed by atoms with Crippen molar-refractivity contribution in [2.24, 2.45) is 4.99 Å². The van der Waals surface area contributed by atoms with Gasteiger partial charge in [0.25, 0.3) is 0 Å². The van der Waals surface area contributed by atoms with Gasteiger partial charge in [-0.2, -0.15) is 18.4 Å². The van der Waals surface area contributed by atoms with Crippen LogP contribution in [0.25, 0.3) is 0 Å². The van der Waals surface area contributed by atoms with Crippen LogP contribution in [-0.2, 0) is 11.0 Å². The molecule has 1 fully saturated rings. The summed E-state index contributed by atoms with van der Waals surface area (Å²) >= 11 is 0. The molecule has 1 aliphatic rings. The number of benzene rings is 2. The number of nitrogens with zero attached hydrogens (tertiary/aromatic N) is 3. The number of nitrogens with one attached hydrogen (secondary N) is 3. The molecule has 1 atom stereocenters. The number of phenols is 1. The Morgan fingerprint density at radius 2 is 1.88 bits per heavy atom. The number of anilines is 1. The summed E-state index contributed by atoms with van der Waals surface area (Å²) in [6.07, 6.45) is -1.82. The summed E-state index contributed by atoms with van der Waals surface area (Å²) in [5.41, 5.74) is -0.113. The lowest BCUT2D eigenvalue weighted by Crippen LogP contribution is -2.45. The number of carbonyl (C=O) groups excluding carboxylic acids is 1. The summed E-state index contributed by atoms with van der Waals surface area (Å²) < 4.78 is 38.6. The number of phenolic OH excluding ortho intramolecular Hbond substituents is 1. The average molecular weight is 458 g/mol. The van der Waals surface area contributed by atoms with E-state index in [1.54, 1.807) is 18.3 Å². The van der Waals surface area contributed by atoms with Gasteiger partial charge in [0.1, 0.15) is 5.75 Å². The van der Waals surface area contributed by atoms with Gasteiger partial charge in [0.05, 0.1) is 23.9 Å². The van der Waals surface area contributed by atoms with Gasteiger partial charge in [0.15, 0.2) is 6.19 Å². The Morgan fingerprint density at radius 1 is 1.21 bits per heavy atom. The van der Waals surface area contributed by atoms with Gasteiger partial charge in [-0.05, 0) is 48.4 Å². The fourth-order valence-electron chi connectivity index (χ4n) is 3.40. The number of aromatic hydroxyl groups is 1. The van der Waals surface area contributed by atoms with Crippen LogP contribution in [-0.4, -0.2) is 46.7 Å². The number of aliphatic imine (C=N–C) groups is 1. The maximum Gasteiger partial charge on any atom is 0.416 e. The molecule has 0 aliphatic carbocycles. The fourth-order valence-corrected chi connectivity index (χ4v) is 3.40. The second kappa shape index (κ2) is 10.0. The molecule has 0 saturated carbocycles. The summed E-state index contributed by atoms with van der Waals surface area (Å²) in [6.45, 7) is 0.301. The van der Waals surface area contributed by atoms with E-state index in [-0.39, 0.29) is 35.4 Å². The first-order valence-corrected chi connectivity index (χ1v) is 10.00. The van der Waals surface area contributed by atoms with Crippen LogP contribution in [0.4, 0.5) is 18.9 Å². The number of hydrogen-bond donors (Lipinski definition) is 4. The molecular formula is C22H21F3N6O2. The third-order valence-electron chi connectivity index (χ3n) is 5.07. The zero-order valence-corrected chi connectivity index (χ0v) is 17.4. The van der Waals surface area contributed by atoms with Gasteiger partial charge < -0.3 is 20.7 Å². The number of carbonyl (C=O) groups is 1. The predicted molar refractivity (Wildman–Crippen MR) is 116 cm³/mol. The largest absolute Gasteiger partial charge is 0.508 e. The Labute approximate surface area is 187 Å². The molecule has 3 rings (SSSR count). The molecular weight excluding hydrogens is 437 g/mol. The Bertz CT molecular complexity index is 1080. The molecule has 172 valence electrons. The van der Waals surface area contributed by atoms with Gasteiger partial charge >= 0.3 is 6.18 Å². The van der Waals surface area contributed by atoms with Crippen molar-refractivity contribution in [2.75, 3.05) is 18.4 Å². The van der Waals surface area contributed by atoms with Crippen LogP contribution in [0.2, 0.25) is 0 Å². The number of alkyl halides is 3. The lowest BCUT2D eigenvalue weighted by molar-refractivity contribution is -0.137. The van der Waals surface area contributed by atoms with Gasteiger partial charge in [0, 0.05) is 18.7 Å². The Morgan fingerprint density at radius 3 is 2.42 bits per heavy atom. The van der Waals surface area contributed by atoms with E-state index in [2.05, 4.69) is 15.6 Å². The molecule has 2 aromatic carbocycles. The first-order chi connectivity index (χ1) is 15.7. The monoisotopic (exact) mass is 458 g/mol. The second-order valence-electron chi connectivity index (χ2n) is 7.29. The fraction of sp³-hybridized carbons (Fsp3) is 0.273. The second-order valence-corrected chi connectivity index (χ2v) is 7.29. The molecule has 1 amide bonds. The number of hydrogen-bond acceptors (Lipinski definition) is 5. The number of guanidine groups is 1. The molecule has 11 heteroatoms. The quantitative estimate of drug-likeness (QED) is 0.174. The molecule has 8 nitrogen and oxygen atoms in total. The number of nitriles is 1. The molecule has 0 radical (unpaired) electrons. The molecule has 2 aromatic rings. The first kappa shape index (κ1) is 23.6. The average Bonchev–Trinajstić information content (AvgIpc) is 3.20. The zero-order valence-electron chi connectivity index (χ0n) is 17.4. The van der Waals surface area contributed by atoms with Crippen LogP contribution in [0.1, 0.15) is 24.0 Å². The Hall–Kier alpha value is -4.07. The summed E-state index contributed by atoms with van der Waals surface area (Å²) in [5, 5.41) is 32.3. The van der Waals surface area contributed by atoms with Crippen LogP contribution >= 0.6 is 0 Å². The molecule has 0 spiro atoms. The molecule has 1 saturated heterocycles. The highest BCUT2D eigenvalue weighted by Crippen LogP contribution is 2.29. The van der Waals surface area contributed by atoms with E-state index in [0.717, 1.165) is 12.1 Å². The van der Waals surface area contributed by atoms with Gasteiger partial charge in [0.2, 0.25) is 11.9 Å². The van der Waals surface area contributed by atoms with E-state index >= 15 is 0 Å². The minimum Gasteiger partial charge on any atom is -0.508 e. The molecule has 1 unspecified atom stereocenters. The number of likely N-dealkylation sites (tertiary alicyclic amines) is 1. The van der Waals surface area contributed by atoms with E-state index in [9.17, 15) is 23.1 Å². The minimum absolute atomic E-state index is 0.0522. The van der Waals surface area contributed by atoms with Crippen molar-refractivity contribution in [3.63, 3.8) is 0 Å². The smallest absolute Gasteiger partial charge is 0.416 e. The molecule has 4 N–H and O–H groups in total. The maximum absolute atomic E-state index is 12.9. The van der Waals surface area contributed by atoms with Crippen LogP contribution in [0.15, 0.2) is 53.5 Å². The Balaban J connectivity index is 1.85. The number of amides is 1. The molecule has 33 heavy (non-hydrogen) atoms. The Kier molecular flexibility index (Phi) is 7.17. The van der Waals surface area contributed by atoms with Crippen molar-refractivity contribution >= 4 is 23.3 Å². The van der Waals surface area contributed by atoms with Gasteiger partial charge in [-0.25, -0.2) is 4.99 Å².